The van der Waals surface area contributed by atoms with Crippen LogP contribution in [0.4, 0.5) is 17.1 Å². The molecule has 58 heavy (non-hydrogen) atoms. The molecular formula is C54H35BN2S. The predicted molar refractivity (Wildman–Crippen MR) is 245 cm³/mol. The zero-order valence-corrected chi connectivity index (χ0v) is 32.9. The highest BCUT2D eigenvalue weighted by Crippen LogP contribution is 2.61. The molecule has 4 heteroatoms. The van der Waals surface area contributed by atoms with Gasteiger partial charge in [0.15, 0.2) is 0 Å². The van der Waals surface area contributed by atoms with Crippen LogP contribution in [-0.2, 0) is 10.8 Å². The summed E-state index contributed by atoms with van der Waals surface area (Å²) in [6, 6.07) is 66.9. The molecule has 0 atom stereocenters. The Balaban J connectivity index is 1.22. The topological polar surface area (TPSA) is 8.17 Å². The Hall–Kier alpha value is -6.62. The van der Waals surface area contributed by atoms with E-state index in [1.807, 2.05) is 11.3 Å². The van der Waals surface area contributed by atoms with Crippen LogP contribution >= 0.6 is 11.3 Å². The van der Waals surface area contributed by atoms with Crippen molar-refractivity contribution in [3.05, 3.63) is 209 Å². The van der Waals surface area contributed by atoms with Gasteiger partial charge in [-0.3, -0.25) is 0 Å². The minimum atomic E-state index is -0.546. The Morgan fingerprint density at radius 2 is 1.17 bits per heavy atom. The van der Waals surface area contributed by atoms with E-state index in [4.69, 9.17) is 0 Å². The quantitative estimate of drug-likeness (QED) is 0.160. The molecule has 270 valence electrons. The first-order valence-electron chi connectivity index (χ1n) is 20.5. The molecule has 10 aromatic rings. The first-order chi connectivity index (χ1) is 28.6. The second kappa shape index (κ2) is 10.7. The Morgan fingerprint density at radius 1 is 0.534 bits per heavy atom. The molecule has 0 saturated heterocycles. The highest BCUT2D eigenvalue weighted by atomic mass is 32.1. The number of anilines is 3. The van der Waals surface area contributed by atoms with Gasteiger partial charge >= 0.3 is 6.85 Å². The molecule has 0 N–H and O–H groups in total. The van der Waals surface area contributed by atoms with Gasteiger partial charge in [-0.2, -0.15) is 0 Å². The smallest absolute Gasteiger partial charge is 0.333 e. The summed E-state index contributed by atoms with van der Waals surface area (Å²) in [4.78, 5) is 2.66. The van der Waals surface area contributed by atoms with E-state index < -0.39 is 5.41 Å². The highest BCUT2D eigenvalue weighted by Gasteiger charge is 2.54. The summed E-state index contributed by atoms with van der Waals surface area (Å²) >= 11 is 1.96. The lowest BCUT2D eigenvalue weighted by Crippen LogP contribution is -2.58. The van der Waals surface area contributed by atoms with Crippen LogP contribution in [0, 0.1) is 0 Å². The number of hydrogen-bond donors (Lipinski definition) is 0. The maximum atomic E-state index is 2.79. The number of aromatic nitrogens is 1. The summed E-state index contributed by atoms with van der Waals surface area (Å²) in [6.45, 7) is 4.84. The molecule has 3 aliphatic heterocycles. The monoisotopic (exact) mass is 754 g/mol. The van der Waals surface area contributed by atoms with Crippen LogP contribution in [0.25, 0.3) is 53.5 Å². The minimum absolute atomic E-state index is 0.0385. The number of benzene rings is 8. The Bertz CT molecular complexity index is 3410. The fourth-order valence-electron chi connectivity index (χ4n) is 12.1. The maximum Gasteiger partial charge on any atom is 0.333 e. The molecule has 0 radical (unpaired) electrons. The van der Waals surface area contributed by atoms with Gasteiger partial charge in [-0.25, -0.2) is 0 Å². The van der Waals surface area contributed by atoms with E-state index in [1.165, 1.54) is 115 Å². The number of para-hydroxylation sites is 3. The molecule has 2 nitrogen and oxygen atoms in total. The summed E-state index contributed by atoms with van der Waals surface area (Å²) in [7, 11) is 0. The van der Waals surface area contributed by atoms with Crippen LogP contribution in [0.5, 0.6) is 0 Å². The molecule has 14 rings (SSSR count). The van der Waals surface area contributed by atoms with Gasteiger partial charge in [0.1, 0.15) is 0 Å². The van der Waals surface area contributed by atoms with Crippen LogP contribution in [0.1, 0.15) is 47.2 Å². The fourth-order valence-corrected chi connectivity index (χ4v) is 13.4. The van der Waals surface area contributed by atoms with Gasteiger partial charge in [-0.1, -0.05) is 172 Å². The second-order valence-electron chi connectivity index (χ2n) is 17.1. The Morgan fingerprint density at radius 3 is 1.98 bits per heavy atom. The number of thiophene rings is 1. The molecular weight excluding hydrogens is 719 g/mol. The highest BCUT2D eigenvalue weighted by molar-refractivity contribution is 7.26. The first kappa shape index (κ1) is 31.5. The molecule has 0 bridgehead atoms. The summed E-state index contributed by atoms with van der Waals surface area (Å²) in [6.07, 6.45) is 0. The van der Waals surface area contributed by atoms with E-state index in [2.05, 4.69) is 199 Å². The van der Waals surface area contributed by atoms with E-state index in [0.717, 1.165) is 0 Å². The van der Waals surface area contributed by atoms with Crippen molar-refractivity contribution in [1.29, 1.82) is 0 Å². The molecule has 0 fully saturated rings. The van der Waals surface area contributed by atoms with Gasteiger partial charge in [-0.15, -0.1) is 11.3 Å². The summed E-state index contributed by atoms with van der Waals surface area (Å²) in [5.74, 6) is 0. The average molecular weight is 755 g/mol. The standard InChI is InChI=1S/C54H35BN2S/c1-53(2)39-25-11-9-22-35(39)50-47(53)37-24-15-23-36-46-48-44(31-38-34-21-10-14-30-45(34)58-52(38)46)56-43-29-13-12-26-40(43)54(32-17-5-3-6-18-32,33-19-7-4-8-20-33)41-27-16-28-42(51(41)56)55(48)57(50)49(36)37/h3-31H,1-2H3. The van der Waals surface area contributed by atoms with Crippen molar-refractivity contribution < 1.29 is 0 Å². The zero-order chi connectivity index (χ0) is 38.1. The van der Waals surface area contributed by atoms with E-state index in [0.29, 0.717) is 0 Å². The van der Waals surface area contributed by atoms with Gasteiger partial charge in [0, 0.05) is 70.2 Å². The van der Waals surface area contributed by atoms with Crippen molar-refractivity contribution in [3.8, 4) is 22.4 Å². The lowest BCUT2D eigenvalue weighted by molar-refractivity contribution is 0.666. The van der Waals surface area contributed by atoms with Crippen LogP contribution in [-0.4, -0.2) is 11.3 Å². The Labute approximate surface area is 341 Å². The van der Waals surface area contributed by atoms with Gasteiger partial charge in [-0.05, 0) is 62.5 Å². The number of nitrogens with zero attached hydrogens (tertiary/aromatic N) is 2. The van der Waals surface area contributed by atoms with E-state index in [1.54, 1.807) is 0 Å². The third kappa shape index (κ3) is 3.48. The van der Waals surface area contributed by atoms with Crippen LogP contribution in [0.15, 0.2) is 176 Å². The molecule has 8 aromatic carbocycles. The van der Waals surface area contributed by atoms with Gasteiger partial charge in [0.05, 0.1) is 11.1 Å². The molecule has 5 heterocycles. The summed E-state index contributed by atoms with van der Waals surface area (Å²) in [5, 5.41) is 4.04. The summed E-state index contributed by atoms with van der Waals surface area (Å²) < 4.78 is 5.51. The molecule has 0 amide bonds. The third-order valence-electron chi connectivity index (χ3n) is 14.2. The average Bonchev–Trinajstić information content (AvgIpc) is 3.90. The van der Waals surface area contributed by atoms with Crippen LogP contribution in [0.2, 0.25) is 0 Å². The first-order valence-corrected chi connectivity index (χ1v) is 21.3. The predicted octanol–water partition coefficient (Wildman–Crippen LogP) is 12.4. The van der Waals surface area contributed by atoms with E-state index in [-0.39, 0.29) is 12.3 Å². The van der Waals surface area contributed by atoms with Crippen molar-refractivity contribution in [1.82, 2.24) is 4.48 Å². The summed E-state index contributed by atoms with van der Waals surface area (Å²) in [5.41, 5.74) is 20.8. The number of hydrogen-bond acceptors (Lipinski definition) is 2. The molecule has 1 aliphatic carbocycles. The maximum absolute atomic E-state index is 2.79. The largest absolute Gasteiger partial charge is 0.375 e. The fraction of sp³-hybridized carbons (Fsp3) is 0.0741. The molecule has 2 aromatic heterocycles. The van der Waals surface area contributed by atoms with Gasteiger partial charge in [0.25, 0.3) is 0 Å². The van der Waals surface area contributed by atoms with Crippen molar-refractivity contribution in [2.45, 2.75) is 24.7 Å². The van der Waals surface area contributed by atoms with E-state index in [9.17, 15) is 0 Å². The van der Waals surface area contributed by atoms with Crippen molar-refractivity contribution in [2.75, 3.05) is 4.90 Å². The number of rotatable bonds is 2. The van der Waals surface area contributed by atoms with Crippen molar-refractivity contribution in [2.24, 2.45) is 0 Å². The molecule has 4 aliphatic rings. The number of fused-ring (bicyclic) bond motifs is 15. The SMILES string of the molecule is CC1(C)c2ccccc2-c2c1c1cccc3c1n2B1c2cccc4c2N(c2ccccc2C4(c2ccccc2)c2ccccc2)c2cc4c(sc5ccccc54)c-3c21. The van der Waals surface area contributed by atoms with Crippen molar-refractivity contribution >= 4 is 77.2 Å². The van der Waals surface area contributed by atoms with Crippen molar-refractivity contribution in [3.63, 3.8) is 0 Å². The zero-order valence-electron chi connectivity index (χ0n) is 32.1. The van der Waals surface area contributed by atoms with Gasteiger partial charge < -0.3 is 9.38 Å². The third-order valence-corrected chi connectivity index (χ3v) is 15.4. The van der Waals surface area contributed by atoms with Crippen LogP contribution < -0.4 is 15.8 Å². The molecule has 0 spiro atoms. The lowest BCUT2D eigenvalue weighted by atomic mass is 9.43. The van der Waals surface area contributed by atoms with E-state index >= 15 is 0 Å². The van der Waals surface area contributed by atoms with Gasteiger partial charge in [0.2, 0.25) is 0 Å². The lowest BCUT2D eigenvalue weighted by Gasteiger charge is -2.50. The Kier molecular flexibility index (Phi) is 5.78. The molecule has 0 saturated carbocycles. The second-order valence-corrected chi connectivity index (χ2v) is 18.2. The van der Waals surface area contributed by atoms with Crippen LogP contribution in [0.3, 0.4) is 0 Å². The minimum Gasteiger partial charge on any atom is -0.375 e. The normalized spacial score (nSPS) is 15.6. The molecule has 0 unspecified atom stereocenters.